The molecule has 0 bridgehead atoms. The molecule has 0 aliphatic heterocycles. The summed E-state index contributed by atoms with van der Waals surface area (Å²) in [5.41, 5.74) is 2.76. The molecule has 0 nitrogen and oxygen atoms in total. The maximum atomic E-state index is 2.29. The van der Waals surface area contributed by atoms with Crippen molar-refractivity contribution >= 4 is 11.3 Å². The van der Waals surface area contributed by atoms with Crippen LogP contribution in [-0.4, -0.2) is 0 Å². The molecule has 0 aliphatic rings. The molecule has 0 aliphatic carbocycles. The third kappa shape index (κ3) is 1.73. The van der Waals surface area contributed by atoms with Crippen molar-refractivity contribution in [1.29, 1.82) is 0 Å². The Morgan fingerprint density at radius 3 is 2.43 bits per heavy atom. The zero-order valence-electron chi connectivity index (χ0n) is 8.58. The van der Waals surface area contributed by atoms with Gasteiger partial charge in [-0.05, 0) is 30.5 Å². The number of thiophene rings is 1. The van der Waals surface area contributed by atoms with Crippen LogP contribution in [0.15, 0.2) is 36.4 Å². The molecule has 0 N–H and O–H groups in total. The Balaban J connectivity index is 2.43. The van der Waals surface area contributed by atoms with Crippen LogP contribution in [0.25, 0.3) is 10.4 Å². The molecule has 0 atom stereocenters. The van der Waals surface area contributed by atoms with Gasteiger partial charge in [0.15, 0.2) is 0 Å². The minimum Gasteiger partial charge on any atom is -0.140 e. The lowest BCUT2D eigenvalue weighted by Crippen LogP contribution is -1.72. The van der Waals surface area contributed by atoms with E-state index < -0.39 is 0 Å². The van der Waals surface area contributed by atoms with Crippen LogP contribution in [0.3, 0.4) is 0 Å². The van der Waals surface area contributed by atoms with Gasteiger partial charge >= 0.3 is 0 Å². The van der Waals surface area contributed by atoms with E-state index in [1.165, 1.54) is 20.9 Å². The van der Waals surface area contributed by atoms with Crippen LogP contribution in [0.5, 0.6) is 0 Å². The van der Waals surface area contributed by atoms with Gasteiger partial charge < -0.3 is 0 Å². The first kappa shape index (κ1) is 9.47. The molecule has 1 heterocycles. The second-order valence-electron chi connectivity index (χ2n) is 3.44. The summed E-state index contributed by atoms with van der Waals surface area (Å²) in [6.45, 7) is 4.41. The molecule has 1 aromatic carbocycles. The predicted octanol–water partition coefficient (Wildman–Crippen LogP) is 4.29. The van der Waals surface area contributed by atoms with Gasteiger partial charge in [0.1, 0.15) is 0 Å². The number of hydrogen-bond acceptors (Lipinski definition) is 1. The molecular formula is C13H14S. The van der Waals surface area contributed by atoms with Crippen molar-refractivity contribution in [2.45, 2.75) is 20.3 Å². The third-order valence-electron chi connectivity index (χ3n) is 2.40. The van der Waals surface area contributed by atoms with Crippen LogP contribution in [0.2, 0.25) is 0 Å². The molecule has 1 heteroatoms. The summed E-state index contributed by atoms with van der Waals surface area (Å²) >= 11 is 1.91. The van der Waals surface area contributed by atoms with Gasteiger partial charge in [0.25, 0.3) is 0 Å². The molecule has 0 fully saturated rings. The first-order chi connectivity index (χ1) is 6.81. The fourth-order valence-corrected chi connectivity index (χ4v) is 2.73. The molecule has 0 saturated heterocycles. The predicted molar refractivity (Wildman–Crippen MR) is 63.9 cm³/mol. The summed E-state index contributed by atoms with van der Waals surface area (Å²) in [6, 6.07) is 12.9. The molecule has 0 amide bonds. The zero-order chi connectivity index (χ0) is 9.97. The van der Waals surface area contributed by atoms with Crippen molar-refractivity contribution in [3.63, 3.8) is 0 Å². The topological polar surface area (TPSA) is 0 Å². The Morgan fingerprint density at radius 2 is 1.86 bits per heavy atom. The molecule has 0 spiro atoms. The Kier molecular flexibility index (Phi) is 2.69. The van der Waals surface area contributed by atoms with E-state index in [0.29, 0.717) is 0 Å². The van der Waals surface area contributed by atoms with E-state index in [1.807, 2.05) is 11.3 Å². The van der Waals surface area contributed by atoms with Gasteiger partial charge in [-0.15, -0.1) is 11.3 Å². The summed E-state index contributed by atoms with van der Waals surface area (Å²) in [7, 11) is 0. The van der Waals surface area contributed by atoms with E-state index in [2.05, 4.69) is 50.2 Å². The molecule has 14 heavy (non-hydrogen) atoms. The highest BCUT2D eigenvalue weighted by Gasteiger charge is 2.04. The average Bonchev–Trinajstić information content (AvgIpc) is 2.61. The van der Waals surface area contributed by atoms with Crippen LogP contribution in [0.1, 0.15) is 17.4 Å². The summed E-state index contributed by atoms with van der Waals surface area (Å²) in [5, 5.41) is 0. The number of rotatable bonds is 2. The Morgan fingerprint density at radius 1 is 1.14 bits per heavy atom. The maximum Gasteiger partial charge on any atom is 0.0348 e. The summed E-state index contributed by atoms with van der Waals surface area (Å²) in [5.74, 6) is 0. The van der Waals surface area contributed by atoms with Crippen LogP contribution in [-0.2, 0) is 6.42 Å². The van der Waals surface area contributed by atoms with E-state index in [4.69, 9.17) is 0 Å². The fraction of sp³-hybridized carbons (Fsp3) is 0.231. The molecule has 1 aromatic heterocycles. The van der Waals surface area contributed by atoms with Crippen LogP contribution in [0.4, 0.5) is 0 Å². The van der Waals surface area contributed by atoms with Gasteiger partial charge in [-0.1, -0.05) is 37.3 Å². The Labute approximate surface area is 89.2 Å². The van der Waals surface area contributed by atoms with Crippen LogP contribution in [0, 0.1) is 6.92 Å². The third-order valence-corrected chi connectivity index (χ3v) is 3.83. The van der Waals surface area contributed by atoms with E-state index >= 15 is 0 Å². The molecule has 0 radical (unpaired) electrons. The fourth-order valence-electron chi connectivity index (χ4n) is 1.62. The molecule has 0 unspecified atom stereocenters. The summed E-state index contributed by atoms with van der Waals surface area (Å²) in [6.07, 6.45) is 1.14. The highest BCUT2D eigenvalue weighted by Crippen LogP contribution is 2.31. The van der Waals surface area contributed by atoms with Gasteiger partial charge in [0.2, 0.25) is 0 Å². The molecule has 2 aromatic rings. The van der Waals surface area contributed by atoms with E-state index in [-0.39, 0.29) is 0 Å². The lowest BCUT2D eigenvalue weighted by molar-refractivity contribution is 1.16. The molecular weight excluding hydrogens is 188 g/mol. The van der Waals surface area contributed by atoms with E-state index in [9.17, 15) is 0 Å². The summed E-state index contributed by atoms with van der Waals surface area (Å²) < 4.78 is 0. The van der Waals surface area contributed by atoms with Gasteiger partial charge in [0.05, 0.1) is 0 Å². The van der Waals surface area contributed by atoms with Gasteiger partial charge in [0, 0.05) is 9.75 Å². The normalized spacial score (nSPS) is 10.4. The second-order valence-corrected chi connectivity index (χ2v) is 4.57. The lowest BCUT2D eigenvalue weighted by Gasteiger charge is -1.94. The average molecular weight is 202 g/mol. The van der Waals surface area contributed by atoms with Gasteiger partial charge in [-0.3, -0.25) is 0 Å². The largest absolute Gasteiger partial charge is 0.140 e. The lowest BCUT2D eigenvalue weighted by atomic mass is 10.1. The van der Waals surface area contributed by atoms with Crippen molar-refractivity contribution in [1.82, 2.24) is 0 Å². The number of benzene rings is 1. The SMILES string of the molecule is CCc1sc(-c2ccccc2)cc1C. The number of hydrogen-bond donors (Lipinski definition) is 0. The maximum absolute atomic E-state index is 2.29. The molecule has 0 saturated carbocycles. The standard InChI is InChI=1S/C13H14S/c1-3-12-10(2)9-13(14-12)11-7-5-4-6-8-11/h4-9H,3H2,1-2H3. The van der Waals surface area contributed by atoms with Crippen molar-refractivity contribution in [3.8, 4) is 10.4 Å². The molecule has 72 valence electrons. The van der Waals surface area contributed by atoms with Crippen LogP contribution < -0.4 is 0 Å². The first-order valence-electron chi connectivity index (χ1n) is 4.96. The van der Waals surface area contributed by atoms with Gasteiger partial charge in [-0.2, -0.15) is 0 Å². The Bertz CT molecular complexity index is 412. The second kappa shape index (κ2) is 3.97. The minimum atomic E-state index is 1.14. The Hall–Kier alpha value is -1.08. The van der Waals surface area contributed by atoms with Gasteiger partial charge in [-0.25, -0.2) is 0 Å². The van der Waals surface area contributed by atoms with Crippen LogP contribution >= 0.6 is 11.3 Å². The quantitative estimate of drug-likeness (QED) is 0.681. The molecule has 2 rings (SSSR count). The highest BCUT2D eigenvalue weighted by molar-refractivity contribution is 7.15. The zero-order valence-corrected chi connectivity index (χ0v) is 9.40. The minimum absolute atomic E-state index is 1.14. The first-order valence-corrected chi connectivity index (χ1v) is 5.77. The van der Waals surface area contributed by atoms with E-state index in [0.717, 1.165) is 6.42 Å². The van der Waals surface area contributed by atoms with Crippen molar-refractivity contribution in [3.05, 3.63) is 46.8 Å². The monoisotopic (exact) mass is 202 g/mol. The highest BCUT2D eigenvalue weighted by atomic mass is 32.1. The smallest absolute Gasteiger partial charge is 0.0348 e. The summed E-state index contributed by atoms with van der Waals surface area (Å²) in [4.78, 5) is 2.89. The van der Waals surface area contributed by atoms with Crippen molar-refractivity contribution in [2.24, 2.45) is 0 Å². The van der Waals surface area contributed by atoms with Crippen molar-refractivity contribution in [2.75, 3.05) is 0 Å². The van der Waals surface area contributed by atoms with E-state index in [1.54, 1.807) is 0 Å². The number of aryl methyl sites for hydroxylation is 2. The van der Waals surface area contributed by atoms with Crippen molar-refractivity contribution < 1.29 is 0 Å².